The molecule has 8 heavy (non-hydrogen) atoms. The predicted molar refractivity (Wildman–Crippen MR) is 30.0 cm³/mol. The van der Waals surface area contributed by atoms with E-state index in [0.29, 0.717) is 0 Å². The smallest absolute Gasteiger partial charge is 0.328 e. The first-order chi connectivity index (χ1) is 3.77. The van der Waals surface area contributed by atoms with Gasteiger partial charge in [-0.15, -0.1) is 0 Å². The van der Waals surface area contributed by atoms with Gasteiger partial charge in [-0.2, -0.15) is 5.26 Å². The van der Waals surface area contributed by atoms with Crippen LogP contribution in [0.25, 0.3) is 0 Å². The van der Waals surface area contributed by atoms with E-state index in [2.05, 4.69) is 0 Å². The number of nitriles is 1. The van der Waals surface area contributed by atoms with Crippen LogP contribution >= 0.6 is 11.8 Å². The van der Waals surface area contributed by atoms with Crippen molar-refractivity contribution in [3.63, 3.8) is 0 Å². The number of rotatable bonds is 2. The van der Waals surface area contributed by atoms with Gasteiger partial charge in [-0.05, 0) is 17.2 Å². The first-order valence-corrected chi connectivity index (χ1v) is 2.59. The van der Waals surface area contributed by atoms with Crippen LogP contribution in [0.15, 0.2) is 11.5 Å². The summed E-state index contributed by atoms with van der Waals surface area (Å²) in [4.78, 5) is 9.66. The van der Waals surface area contributed by atoms with Gasteiger partial charge in [0.1, 0.15) is 5.40 Å². The van der Waals surface area contributed by atoms with Crippen molar-refractivity contribution in [2.24, 2.45) is 0 Å². The third-order valence-electron chi connectivity index (χ3n) is 0.331. The Morgan fingerprint density at radius 3 is 2.88 bits per heavy atom. The van der Waals surface area contributed by atoms with E-state index in [0.717, 1.165) is 17.8 Å². The van der Waals surface area contributed by atoms with Gasteiger partial charge in [0, 0.05) is 6.08 Å². The van der Waals surface area contributed by atoms with Crippen LogP contribution < -0.4 is 0 Å². The van der Waals surface area contributed by atoms with Gasteiger partial charge in [0.15, 0.2) is 0 Å². The summed E-state index contributed by atoms with van der Waals surface area (Å²) in [6.07, 6.45) is 0.911. The van der Waals surface area contributed by atoms with Crippen molar-refractivity contribution in [2.45, 2.75) is 0 Å². The Morgan fingerprint density at radius 1 is 1.88 bits per heavy atom. The lowest BCUT2D eigenvalue weighted by molar-refractivity contribution is -0.131. The molecule has 0 aromatic carbocycles. The van der Waals surface area contributed by atoms with E-state index in [4.69, 9.17) is 10.4 Å². The second-order valence-corrected chi connectivity index (χ2v) is 1.54. The highest BCUT2D eigenvalue weighted by Gasteiger charge is 1.81. The van der Waals surface area contributed by atoms with Crippen molar-refractivity contribution in [3.05, 3.63) is 11.5 Å². The molecule has 0 heterocycles. The molecular formula is C4H3NO2S. The fraction of sp³-hybridized carbons (Fsp3) is 0. The minimum Gasteiger partial charge on any atom is -0.478 e. The minimum atomic E-state index is -1.03. The minimum absolute atomic E-state index is 0.781. The van der Waals surface area contributed by atoms with E-state index in [1.807, 2.05) is 0 Å². The monoisotopic (exact) mass is 129 g/mol. The lowest BCUT2D eigenvalue weighted by Crippen LogP contribution is -1.83. The molecule has 0 spiro atoms. The summed E-state index contributed by atoms with van der Waals surface area (Å²) in [5.41, 5.74) is 0. The van der Waals surface area contributed by atoms with Crippen LogP contribution in [0.5, 0.6) is 0 Å². The molecule has 0 atom stereocenters. The van der Waals surface area contributed by atoms with Crippen molar-refractivity contribution in [1.29, 1.82) is 5.26 Å². The summed E-state index contributed by atoms with van der Waals surface area (Å²) in [6, 6.07) is 0. The van der Waals surface area contributed by atoms with Crippen molar-refractivity contribution in [1.82, 2.24) is 0 Å². The van der Waals surface area contributed by atoms with Crippen molar-refractivity contribution >= 4 is 17.7 Å². The maximum Gasteiger partial charge on any atom is 0.328 e. The van der Waals surface area contributed by atoms with E-state index < -0.39 is 5.97 Å². The van der Waals surface area contributed by atoms with Crippen LogP contribution in [0.2, 0.25) is 0 Å². The predicted octanol–water partition coefficient (Wildman–Crippen LogP) is 0.799. The zero-order chi connectivity index (χ0) is 6.41. The molecule has 1 N–H and O–H groups in total. The summed E-state index contributed by atoms with van der Waals surface area (Å²) in [7, 11) is 0. The summed E-state index contributed by atoms with van der Waals surface area (Å²) < 4.78 is 0. The first-order valence-electron chi connectivity index (χ1n) is 1.71. The van der Waals surface area contributed by atoms with Crippen LogP contribution in [-0.4, -0.2) is 11.1 Å². The van der Waals surface area contributed by atoms with Crippen LogP contribution in [0.4, 0.5) is 0 Å². The van der Waals surface area contributed by atoms with Crippen molar-refractivity contribution in [2.75, 3.05) is 0 Å². The Bertz CT molecular complexity index is 147. The fourth-order valence-corrected chi connectivity index (χ4v) is 0.368. The highest BCUT2D eigenvalue weighted by atomic mass is 32.2. The summed E-state index contributed by atoms with van der Waals surface area (Å²) in [5.74, 6) is -1.03. The number of hydrogen-bond acceptors (Lipinski definition) is 3. The maximum atomic E-state index is 9.66. The molecule has 0 rings (SSSR count). The van der Waals surface area contributed by atoms with E-state index >= 15 is 0 Å². The molecule has 42 valence electrons. The highest BCUT2D eigenvalue weighted by Crippen LogP contribution is 1.95. The first kappa shape index (κ1) is 7.05. The van der Waals surface area contributed by atoms with Crippen LogP contribution in [0.3, 0.4) is 0 Å². The van der Waals surface area contributed by atoms with E-state index in [1.165, 1.54) is 5.41 Å². The van der Waals surface area contributed by atoms with Gasteiger partial charge < -0.3 is 5.11 Å². The average molecular weight is 129 g/mol. The molecule has 3 nitrogen and oxygen atoms in total. The molecule has 0 saturated heterocycles. The number of carboxylic acid groups (broad SMARTS) is 1. The fourth-order valence-electron chi connectivity index (χ4n) is 0.123. The normalized spacial score (nSPS) is 8.88. The number of thioether (sulfide) groups is 1. The van der Waals surface area contributed by atoms with Gasteiger partial charge in [0.25, 0.3) is 0 Å². The topological polar surface area (TPSA) is 61.1 Å². The van der Waals surface area contributed by atoms with E-state index in [-0.39, 0.29) is 0 Å². The van der Waals surface area contributed by atoms with Gasteiger partial charge in [0.2, 0.25) is 0 Å². The summed E-state index contributed by atoms with van der Waals surface area (Å²) >= 11 is 0.781. The lowest BCUT2D eigenvalue weighted by atomic mass is 10.7. The molecular weight excluding hydrogens is 126 g/mol. The molecule has 0 saturated carbocycles. The third kappa shape index (κ3) is 5.05. The Morgan fingerprint density at radius 2 is 2.50 bits per heavy atom. The van der Waals surface area contributed by atoms with Gasteiger partial charge in [-0.3, -0.25) is 0 Å². The number of thiocyanates is 1. The summed E-state index contributed by atoms with van der Waals surface area (Å²) in [5, 5.41) is 18.7. The second-order valence-electron chi connectivity index (χ2n) is 0.850. The number of aliphatic carboxylic acids is 1. The molecule has 0 aliphatic heterocycles. The van der Waals surface area contributed by atoms with Crippen molar-refractivity contribution < 1.29 is 9.90 Å². The second kappa shape index (κ2) is 4.22. The lowest BCUT2D eigenvalue weighted by Gasteiger charge is -1.72. The number of nitrogens with zero attached hydrogens (tertiary/aromatic N) is 1. The molecule has 0 bridgehead atoms. The van der Waals surface area contributed by atoms with Crippen LogP contribution in [0.1, 0.15) is 0 Å². The highest BCUT2D eigenvalue weighted by molar-refractivity contribution is 8.06. The van der Waals surface area contributed by atoms with Crippen LogP contribution in [0, 0.1) is 10.7 Å². The number of carbonyl (C=O) groups is 1. The molecule has 0 fully saturated rings. The Labute approximate surface area is 50.6 Å². The molecule has 0 aliphatic carbocycles. The van der Waals surface area contributed by atoms with E-state index in [1.54, 1.807) is 5.40 Å². The van der Waals surface area contributed by atoms with Gasteiger partial charge in [0.05, 0.1) is 0 Å². The zero-order valence-electron chi connectivity index (χ0n) is 3.87. The average Bonchev–Trinajstić information content (AvgIpc) is 1.66. The SMILES string of the molecule is N#CS/C=C/C(=O)O. The zero-order valence-corrected chi connectivity index (χ0v) is 4.68. The van der Waals surface area contributed by atoms with Crippen LogP contribution in [-0.2, 0) is 4.79 Å². The molecule has 0 unspecified atom stereocenters. The third-order valence-corrected chi connectivity index (χ3v) is 0.709. The molecule has 0 aromatic rings. The van der Waals surface area contributed by atoms with E-state index in [9.17, 15) is 4.79 Å². The van der Waals surface area contributed by atoms with Crippen molar-refractivity contribution in [3.8, 4) is 5.40 Å². The summed E-state index contributed by atoms with van der Waals surface area (Å²) in [6.45, 7) is 0. The largest absolute Gasteiger partial charge is 0.478 e. The number of hydrogen-bond donors (Lipinski definition) is 1. The Kier molecular flexibility index (Phi) is 3.71. The maximum absolute atomic E-state index is 9.66. The molecule has 0 aromatic heterocycles. The Balaban J connectivity index is 3.38. The van der Waals surface area contributed by atoms with Gasteiger partial charge in [-0.1, -0.05) is 0 Å². The van der Waals surface area contributed by atoms with Gasteiger partial charge >= 0.3 is 5.97 Å². The van der Waals surface area contributed by atoms with Gasteiger partial charge in [-0.25, -0.2) is 4.79 Å². The Hall–Kier alpha value is -0.950. The molecule has 4 heteroatoms. The standard InChI is InChI=1S/C4H3NO2S/c5-3-8-2-1-4(6)7/h1-2H,(H,6,7)/b2-1+. The molecule has 0 radical (unpaired) electrons. The number of carboxylic acids is 1. The quantitative estimate of drug-likeness (QED) is 0.442. The molecule has 0 amide bonds. The molecule has 0 aliphatic rings.